The number of benzene rings is 1. The second-order valence-electron chi connectivity index (χ2n) is 5.25. The highest BCUT2D eigenvalue weighted by Crippen LogP contribution is 2.23. The number of carboxylic acid groups (broad SMARTS) is 1. The molecule has 0 aliphatic heterocycles. The molecular weight excluding hydrogens is 272 g/mol. The number of aromatic carboxylic acids is 1. The number of amides is 1. The van der Waals surface area contributed by atoms with Gasteiger partial charge in [0.15, 0.2) is 6.61 Å². The average molecular weight is 292 g/mol. The maximum Gasteiger partial charge on any atom is 0.335 e. The Hall–Kier alpha value is -2.24. The number of nitrogens with two attached hydrogens (primary N) is 1. The zero-order valence-electron chi connectivity index (χ0n) is 11.8. The number of rotatable bonds is 5. The van der Waals surface area contributed by atoms with Gasteiger partial charge in [-0.2, -0.15) is 0 Å². The molecule has 0 bridgehead atoms. The van der Waals surface area contributed by atoms with E-state index in [1.165, 1.54) is 24.6 Å². The van der Waals surface area contributed by atoms with Gasteiger partial charge >= 0.3 is 5.97 Å². The van der Waals surface area contributed by atoms with Crippen LogP contribution in [-0.2, 0) is 4.79 Å². The molecule has 1 aromatic carbocycles. The van der Waals surface area contributed by atoms with Gasteiger partial charge < -0.3 is 20.9 Å². The summed E-state index contributed by atoms with van der Waals surface area (Å²) in [6.45, 7) is -0.163. The zero-order valence-corrected chi connectivity index (χ0v) is 11.8. The Balaban J connectivity index is 1.88. The second kappa shape index (κ2) is 6.97. The van der Waals surface area contributed by atoms with Crippen LogP contribution in [0.15, 0.2) is 18.2 Å². The molecule has 0 heterocycles. The summed E-state index contributed by atoms with van der Waals surface area (Å²) in [6, 6.07) is 4.40. The Kier molecular flexibility index (Phi) is 5.03. The van der Waals surface area contributed by atoms with E-state index in [4.69, 9.17) is 15.6 Å². The summed E-state index contributed by atoms with van der Waals surface area (Å²) in [4.78, 5) is 22.7. The number of carbonyl (C=O) groups excluding carboxylic acids is 1. The largest absolute Gasteiger partial charge is 0.482 e. The van der Waals surface area contributed by atoms with Crippen LogP contribution >= 0.6 is 0 Å². The van der Waals surface area contributed by atoms with Gasteiger partial charge in [0.1, 0.15) is 5.75 Å². The van der Waals surface area contributed by atoms with E-state index < -0.39 is 5.97 Å². The van der Waals surface area contributed by atoms with Crippen molar-refractivity contribution < 1.29 is 19.4 Å². The van der Waals surface area contributed by atoms with Crippen LogP contribution < -0.4 is 15.8 Å². The Bertz CT molecular complexity index is 524. The lowest BCUT2D eigenvalue weighted by Gasteiger charge is -2.22. The van der Waals surface area contributed by atoms with E-state index in [9.17, 15) is 9.59 Å². The van der Waals surface area contributed by atoms with Gasteiger partial charge in [0, 0.05) is 6.04 Å². The van der Waals surface area contributed by atoms with Crippen LogP contribution in [-0.4, -0.2) is 29.6 Å². The summed E-state index contributed by atoms with van der Waals surface area (Å²) < 4.78 is 5.33. The summed E-state index contributed by atoms with van der Waals surface area (Å²) >= 11 is 0. The minimum absolute atomic E-state index is 0.0758. The van der Waals surface area contributed by atoms with E-state index in [1.807, 2.05) is 0 Å². The predicted octanol–water partition coefficient (Wildman–Crippen LogP) is 1.79. The van der Waals surface area contributed by atoms with Crippen LogP contribution in [0.1, 0.15) is 42.5 Å². The number of nitrogen functional groups attached to an aromatic ring is 1. The first-order valence-electron chi connectivity index (χ1n) is 7.11. The minimum atomic E-state index is -1.06. The molecule has 0 radical (unpaired) electrons. The average Bonchev–Trinajstić information content (AvgIpc) is 2.47. The van der Waals surface area contributed by atoms with Crippen LogP contribution in [0.3, 0.4) is 0 Å². The van der Waals surface area contributed by atoms with Crippen molar-refractivity contribution >= 4 is 17.6 Å². The summed E-state index contributed by atoms with van der Waals surface area (Å²) in [6.07, 6.45) is 5.50. The first-order valence-corrected chi connectivity index (χ1v) is 7.11. The van der Waals surface area contributed by atoms with E-state index in [0.29, 0.717) is 5.69 Å². The highest BCUT2D eigenvalue weighted by atomic mass is 16.5. The number of ether oxygens (including phenoxy) is 1. The van der Waals surface area contributed by atoms with E-state index in [-0.39, 0.29) is 29.9 Å². The SMILES string of the molecule is Nc1ccc(C(=O)O)cc1OCC(=O)NC1CCCCC1. The Labute approximate surface area is 123 Å². The molecule has 6 nitrogen and oxygen atoms in total. The maximum absolute atomic E-state index is 11.8. The fourth-order valence-corrected chi connectivity index (χ4v) is 2.45. The van der Waals surface area contributed by atoms with E-state index in [0.717, 1.165) is 25.7 Å². The van der Waals surface area contributed by atoms with Crippen molar-refractivity contribution in [1.82, 2.24) is 5.32 Å². The van der Waals surface area contributed by atoms with Gasteiger partial charge in [0.05, 0.1) is 11.3 Å². The van der Waals surface area contributed by atoms with Crippen molar-refractivity contribution in [2.45, 2.75) is 38.1 Å². The smallest absolute Gasteiger partial charge is 0.335 e. The van der Waals surface area contributed by atoms with Crippen LogP contribution in [0.2, 0.25) is 0 Å². The van der Waals surface area contributed by atoms with Gasteiger partial charge in [-0.1, -0.05) is 19.3 Å². The zero-order chi connectivity index (χ0) is 15.2. The van der Waals surface area contributed by atoms with Crippen molar-refractivity contribution in [3.8, 4) is 5.75 Å². The maximum atomic E-state index is 11.8. The summed E-state index contributed by atoms with van der Waals surface area (Å²) in [5, 5.41) is 11.8. The Morgan fingerprint density at radius 2 is 2.00 bits per heavy atom. The van der Waals surface area contributed by atoms with Gasteiger partial charge in [0.25, 0.3) is 5.91 Å². The normalized spacial score (nSPS) is 15.4. The molecule has 0 saturated heterocycles. The quantitative estimate of drug-likeness (QED) is 0.718. The summed E-state index contributed by atoms with van der Waals surface area (Å²) in [7, 11) is 0. The first kappa shape index (κ1) is 15.2. The molecule has 4 N–H and O–H groups in total. The van der Waals surface area contributed by atoms with E-state index >= 15 is 0 Å². The van der Waals surface area contributed by atoms with Crippen molar-refractivity contribution in [2.24, 2.45) is 0 Å². The molecule has 1 fully saturated rings. The highest BCUT2D eigenvalue weighted by Gasteiger charge is 2.16. The lowest BCUT2D eigenvalue weighted by molar-refractivity contribution is -0.124. The topological polar surface area (TPSA) is 102 Å². The lowest BCUT2D eigenvalue weighted by atomic mass is 9.95. The number of carboxylic acids is 1. The van der Waals surface area contributed by atoms with E-state index in [2.05, 4.69) is 5.32 Å². The number of hydrogen-bond donors (Lipinski definition) is 3. The van der Waals surface area contributed by atoms with Gasteiger partial charge in [-0.15, -0.1) is 0 Å². The fourth-order valence-electron chi connectivity index (χ4n) is 2.45. The molecule has 21 heavy (non-hydrogen) atoms. The summed E-state index contributed by atoms with van der Waals surface area (Å²) in [5.41, 5.74) is 6.10. The van der Waals surface area contributed by atoms with Gasteiger partial charge in [-0.25, -0.2) is 4.79 Å². The molecule has 0 atom stereocenters. The number of hydrogen-bond acceptors (Lipinski definition) is 4. The molecule has 1 aliphatic carbocycles. The van der Waals surface area contributed by atoms with Crippen LogP contribution in [0.4, 0.5) is 5.69 Å². The van der Waals surface area contributed by atoms with Crippen LogP contribution in [0.25, 0.3) is 0 Å². The van der Waals surface area contributed by atoms with Gasteiger partial charge in [-0.05, 0) is 31.0 Å². The molecular formula is C15H20N2O4. The van der Waals surface area contributed by atoms with Crippen molar-refractivity contribution in [2.75, 3.05) is 12.3 Å². The molecule has 6 heteroatoms. The van der Waals surface area contributed by atoms with Crippen LogP contribution in [0.5, 0.6) is 5.75 Å². The standard InChI is InChI=1S/C15H20N2O4/c16-12-7-6-10(15(19)20)8-13(12)21-9-14(18)17-11-4-2-1-3-5-11/h6-8,11H,1-5,9,16H2,(H,17,18)(H,19,20). The van der Waals surface area contributed by atoms with Crippen LogP contribution in [0, 0.1) is 0 Å². The molecule has 1 aromatic rings. The van der Waals surface area contributed by atoms with Gasteiger partial charge in [0.2, 0.25) is 0 Å². The van der Waals surface area contributed by atoms with E-state index in [1.54, 1.807) is 0 Å². The van der Waals surface area contributed by atoms with Crippen molar-refractivity contribution in [1.29, 1.82) is 0 Å². The third kappa shape index (κ3) is 4.37. The molecule has 114 valence electrons. The summed E-state index contributed by atoms with van der Waals surface area (Å²) in [5.74, 6) is -1.05. The molecule has 0 spiro atoms. The molecule has 0 aromatic heterocycles. The fraction of sp³-hybridized carbons (Fsp3) is 0.467. The highest BCUT2D eigenvalue weighted by molar-refractivity contribution is 5.89. The molecule has 0 unspecified atom stereocenters. The Morgan fingerprint density at radius 1 is 1.29 bits per heavy atom. The monoisotopic (exact) mass is 292 g/mol. The van der Waals surface area contributed by atoms with Crippen molar-refractivity contribution in [3.05, 3.63) is 23.8 Å². The second-order valence-corrected chi connectivity index (χ2v) is 5.25. The number of nitrogens with one attached hydrogen (secondary N) is 1. The molecule has 1 aliphatic rings. The number of carbonyl (C=O) groups is 2. The lowest BCUT2D eigenvalue weighted by Crippen LogP contribution is -2.39. The molecule has 2 rings (SSSR count). The third-order valence-electron chi connectivity index (χ3n) is 3.59. The molecule has 1 saturated carbocycles. The predicted molar refractivity (Wildman–Crippen MR) is 78.3 cm³/mol. The minimum Gasteiger partial charge on any atom is -0.482 e. The third-order valence-corrected chi connectivity index (χ3v) is 3.59. The molecule has 1 amide bonds. The van der Waals surface area contributed by atoms with Crippen molar-refractivity contribution in [3.63, 3.8) is 0 Å². The Morgan fingerprint density at radius 3 is 2.67 bits per heavy atom. The van der Waals surface area contributed by atoms with Gasteiger partial charge in [-0.3, -0.25) is 4.79 Å². The first-order chi connectivity index (χ1) is 10.1. The number of anilines is 1.